The molecule has 0 amide bonds. The highest BCUT2D eigenvalue weighted by atomic mass is 35.5. The summed E-state index contributed by atoms with van der Waals surface area (Å²) >= 11 is 5.73. The first-order valence-electron chi connectivity index (χ1n) is 4.60. The van der Waals surface area contributed by atoms with E-state index < -0.39 is 0 Å². The molecule has 0 aromatic heterocycles. The zero-order chi connectivity index (χ0) is 9.80. The molecule has 0 nitrogen and oxygen atoms in total. The van der Waals surface area contributed by atoms with E-state index in [0.29, 0.717) is 5.88 Å². The van der Waals surface area contributed by atoms with E-state index >= 15 is 0 Å². The Labute approximate surface area is 101 Å². The second-order valence-electron chi connectivity index (χ2n) is 3.20. The van der Waals surface area contributed by atoms with Crippen LogP contribution in [0.5, 0.6) is 0 Å². The Morgan fingerprint density at radius 1 is 0.733 bits per heavy atom. The summed E-state index contributed by atoms with van der Waals surface area (Å²) in [4.78, 5) is 0. The molecule has 0 fully saturated rings. The lowest BCUT2D eigenvalue weighted by Gasteiger charge is -2.01. The van der Waals surface area contributed by atoms with Gasteiger partial charge in [0.15, 0.2) is 0 Å². The summed E-state index contributed by atoms with van der Waals surface area (Å²) in [6, 6.07) is 18.7. The van der Waals surface area contributed by atoms with Crippen LogP contribution in [0.2, 0.25) is 0 Å². The lowest BCUT2D eigenvalue weighted by atomic mass is 10.0. The third kappa shape index (κ3) is 2.98. The summed E-state index contributed by atoms with van der Waals surface area (Å²) in [7, 11) is 0. The van der Waals surface area contributed by atoms with Gasteiger partial charge in [-0.1, -0.05) is 54.6 Å². The summed E-state index contributed by atoms with van der Waals surface area (Å²) in [6.07, 6.45) is 0. The zero-order valence-corrected chi connectivity index (χ0v) is 9.76. The Bertz CT molecular complexity index is 393. The molecule has 2 aromatic rings. The Morgan fingerprint density at radius 2 is 1.27 bits per heavy atom. The first kappa shape index (κ1) is 12.1. The van der Waals surface area contributed by atoms with Crippen molar-refractivity contribution in [2.45, 2.75) is 5.88 Å². The molecule has 0 saturated heterocycles. The van der Waals surface area contributed by atoms with E-state index in [1.807, 2.05) is 18.2 Å². The van der Waals surface area contributed by atoms with Crippen LogP contribution in [0.4, 0.5) is 0 Å². The van der Waals surface area contributed by atoms with Gasteiger partial charge in [-0.15, -0.1) is 24.0 Å². The van der Waals surface area contributed by atoms with Gasteiger partial charge >= 0.3 is 0 Å². The molecule has 0 unspecified atom stereocenters. The second kappa shape index (κ2) is 5.79. The molecule has 2 heteroatoms. The van der Waals surface area contributed by atoms with Crippen molar-refractivity contribution in [1.29, 1.82) is 0 Å². The Balaban J connectivity index is 0.00000112. The molecule has 0 saturated carbocycles. The number of halogens is 2. The molecule has 0 radical (unpaired) electrons. The van der Waals surface area contributed by atoms with Crippen molar-refractivity contribution in [2.24, 2.45) is 0 Å². The van der Waals surface area contributed by atoms with E-state index in [1.54, 1.807) is 0 Å². The lowest BCUT2D eigenvalue weighted by Crippen LogP contribution is -1.79. The van der Waals surface area contributed by atoms with Crippen molar-refractivity contribution in [1.82, 2.24) is 0 Å². The maximum absolute atomic E-state index is 5.73. The van der Waals surface area contributed by atoms with E-state index in [0.717, 1.165) is 5.56 Å². The third-order valence-corrected chi connectivity index (χ3v) is 2.52. The second-order valence-corrected chi connectivity index (χ2v) is 3.46. The molecule has 0 spiro atoms. The van der Waals surface area contributed by atoms with Crippen LogP contribution in [0.15, 0.2) is 54.6 Å². The average Bonchev–Trinajstić information content (AvgIpc) is 2.30. The van der Waals surface area contributed by atoms with Gasteiger partial charge < -0.3 is 0 Å². The molecular formula is C13H12Cl2. The maximum atomic E-state index is 5.73. The van der Waals surface area contributed by atoms with Crippen LogP contribution in [0.3, 0.4) is 0 Å². The van der Waals surface area contributed by atoms with Crippen molar-refractivity contribution in [3.05, 3.63) is 60.2 Å². The summed E-state index contributed by atoms with van der Waals surface area (Å²) in [5, 5.41) is 0. The van der Waals surface area contributed by atoms with Crippen LogP contribution in [-0.2, 0) is 5.88 Å². The monoisotopic (exact) mass is 238 g/mol. The normalized spacial score (nSPS) is 9.40. The van der Waals surface area contributed by atoms with Crippen molar-refractivity contribution in [2.75, 3.05) is 0 Å². The van der Waals surface area contributed by atoms with Crippen LogP contribution in [0.25, 0.3) is 11.1 Å². The SMILES string of the molecule is Cl.ClCc1ccc(-c2ccccc2)cc1. The molecule has 78 valence electrons. The minimum absolute atomic E-state index is 0. The first-order valence-corrected chi connectivity index (χ1v) is 5.14. The smallest absolute Gasteiger partial charge is 0.0474 e. The van der Waals surface area contributed by atoms with Gasteiger partial charge in [0.1, 0.15) is 0 Å². The molecule has 0 atom stereocenters. The third-order valence-electron chi connectivity index (χ3n) is 2.22. The fraction of sp³-hybridized carbons (Fsp3) is 0.0769. The Morgan fingerprint density at radius 3 is 1.80 bits per heavy atom. The fourth-order valence-electron chi connectivity index (χ4n) is 1.42. The standard InChI is InChI=1S/C13H11Cl.ClH/c14-10-11-6-8-13(9-7-11)12-4-2-1-3-5-12;/h1-9H,10H2;1H. The molecule has 2 rings (SSSR count). The maximum Gasteiger partial charge on any atom is 0.0474 e. The van der Waals surface area contributed by atoms with Crippen LogP contribution in [0.1, 0.15) is 5.56 Å². The topological polar surface area (TPSA) is 0 Å². The highest BCUT2D eigenvalue weighted by molar-refractivity contribution is 6.17. The Hall–Kier alpha value is -0.980. The van der Waals surface area contributed by atoms with Crippen LogP contribution in [-0.4, -0.2) is 0 Å². The largest absolute Gasteiger partial charge is 0.147 e. The molecule has 0 aliphatic heterocycles. The van der Waals surface area contributed by atoms with Crippen molar-refractivity contribution >= 4 is 24.0 Å². The Kier molecular flexibility index (Phi) is 4.67. The minimum Gasteiger partial charge on any atom is -0.147 e. The summed E-state index contributed by atoms with van der Waals surface area (Å²) in [5.74, 6) is 0.578. The molecule has 0 N–H and O–H groups in total. The van der Waals surface area contributed by atoms with Gasteiger partial charge in [-0.25, -0.2) is 0 Å². The molecule has 2 aromatic carbocycles. The molecule has 0 heterocycles. The van der Waals surface area contributed by atoms with Crippen molar-refractivity contribution in [3.63, 3.8) is 0 Å². The van der Waals surface area contributed by atoms with Gasteiger partial charge in [-0.3, -0.25) is 0 Å². The van der Waals surface area contributed by atoms with Gasteiger partial charge in [-0.05, 0) is 16.7 Å². The highest BCUT2D eigenvalue weighted by Crippen LogP contribution is 2.19. The van der Waals surface area contributed by atoms with E-state index in [9.17, 15) is 0 Å². The number of benzene rings is 2. The molecule has 15 heavy (non-hydrogen) atoms. The van der Waals surface area contributed by atoms with Gasteiger partial charge in [-0.2, -0.15) is 0 Å². The van der Waals surface area contributed by atoms with Crippen LogP contribution >= 0.6 is 24.0 Å². The first-order chi connectivity index (χ1) is 6.90. The molecule has 0 aliphatic rings. The van der Waals surface area contributed by atoms with E-state index in [2.05, 4.69) is 36.4 Å². The molecule has 0 bridgehead atoms. The van der Waals surface area contributed by atoms with Crippen LogP contribution < -0.4 is 0 Å². The van der Waals surface area contributed by atoms with Crippen molar-refractivity contribution in [3.8, 4) is 11.1 Å². The fourth-order valence-corrected chi connectivity index (χ4v) is 1.60. The summed E-state index contributed by atoms with van der Waals surface area (Å²) < 4.78 is 0. The number of hydrogen-bond acceptors (Lipinski definition) is 0. The lowest BCUT2D eigenvalue weighted by molar-refractivity contribution is 1.40. The summed E-state index contributed by atoms with van der Waals surface area (Å²) in [5.41, 5.74) is 3.64. The quantitative estimate of drug-likeness (QED) is 0.676. The van der Waals surface area contributed by atoms with Gasteiger partial charge in [0, 0.05) is 5.88 Å². The summed E-state index contributed by atoms with van der Waals surface area (Å²) in [6.45, 7) is 0. The number of hydrogen-bond donors (Lipinski definition) is 0. The van der Waals surface area contributed by atoms with Gasteiger partial charge in [0.05, 0.1) is 0 Å². The van der Waals surface area contributed by atoms with E-state index in [4.69, 9.17) is 11.6 Å². The number of rotatable bonds is 2. The highest BCUT2D eigenvalue weighted by Gasteiger charge is 1.95. The minimum atomic E-state index is 0. The zero-order valence-electron chi connectivity index (χ0n) is 8.19. The predicted molar refractivity (Wildman–Crippen MR) is 68.7 cm³/mol. The molecular weight excluding hydrogens is 227 g/mol. The predicted octanol–water partition coefficient (Wildman–Crippen LogP) is 4.51. The van der Waals surface area contributed by atoms with Crippen LogP contribution in [0, 0.1) is 0 Å². The van der Waals surface area contributed by atoms with Crippen molar-refractivity contribution < 1.29 is 0 Å². The average molecular weight is 239 g/mol. The van der Waals surface area contributed by atoms with E-state index in [-0.39, 0.29) is 12.4 Å². The number of alkyl halides is 1. The van der Waals surface area contributed by atoms with Gasteiger partial charge in [0.2, 0.25) is 0 Å². The van der Waals surface area contributed by atoms with Gasteiger partial charge in [0.25, 0.3) is 0 Å². The molecule has 0 aliphatic carbocycles. The van der Waals surface area contributed by atoms with E-state index in [1.165, 1.54) is 11.1 Å².